The molecule has 0 saturated carbocycles. The molecule has 1 aliphatic carbocycles. The van der Waals surface area contributed by atoms with Gasteiger partial charge in [0.25, 0.3) is 0 Å². The average molecular weight is 274 g/mol. The summed E-state index contributed by atoms with van der Waals surface area (Å²) in [6.45, 7) is 0. The molecule has 0 fully saturated rings. The van der Waals surface area contributed by atoms with Gasteiger partial charge >= 0.3 is 0 Å². The number of nitrogens with two attached hydrogens (primary N) is 1. The lowest BCUT2D eigenvalue weighted by Gasteiger charge is -2.17. The van der Waals surface area contributed by atoms with Crippen LogP contribution >= 0.6 is 0 Å². The van der Waals surface area contributed by atoms with E-state index in [2.05, 4.69) is 35.3 Å². The van der Waals surface area contributed by atoms with Crippen LogP contribution in [0.4, 0.5) is 5.82 Å². The van der Waals surface area contributed by atoms with E-state index >= 15 is 0 Å². The third-order valence-corrected chi connectivity index (χ3v) is 4.41. The number of benzene rings is 2. The highest BCUT2D eigenvalue weighted by atomic mass is 14.8. The summed E-state index contributed by atoms with van der Waals surface area (Å²) >= 11 is 0. The fourth-order valence-electron chi connectivity index (χ4n) is 3.26. The van der Waals surface area contributed by atoms with Gasteiger partial charge in [-0.05, 0) is 54.5 Å². The number of nitrogens with zero attached hydrogens (tertiary/aromatic N) is 1. The predicted octanol–water partition coefficient (Wildman–Crippen LogP) is 4.36. The maximum Gasteiger partial charge on any atom is 0.131 e. The highest BCUT2D eigenvalue weighted by molar-refractivity contribution is 5.88. The summed E-state index contributed by atoms with van der Waals surface area (Å²) in [4.78, 5) is 4.54. The quantitative estimate of drug-likeness (QED) is 0.716. The van der Waals surface area contributed by atoms with E-state index in [1.165, 1.54) is 42.4 Å². The van der Waals surface area contributed by atoms with E-state index in [0.29, 0.717) is 5.82 Å². The third kappa shape index (κ3) is 2.17. The zero-order valence-electron chi connectivity index (χ0n) is 12.0. The Hall–Kier alpha value is -2.35. The molecule has 0 spiro atoms. The third-order valence-electron chi connectivity index (χ3n) is 4.41. The fraction of sp³-hybridized carbons (Fsp3) is 0.211. The minimum atomic E-state index is 0.615. The number of rotatable bonds is 1. The van der Waals surface area contributed by atoms with E-state index < -0.39 is 0 Å². The van der Waals surface area contributed by atoms with Gasteiger partial charge in [0.15, 0.2) is 0 Å². The molecular weight excluding hydrogens is 256 g/mol. The lowest BCUT2D eigenvalue weighted by molar-refractivity contribution is 0.686. The van der Waals surface area contributed by atoms with Crippen LogP contribution in [0.5, 0.6) is 0 Å². The van der Waals surface area contributed by atoms with Crippen LogP contribution in [0.2, 0.25) is 0 Å². The normalized spacial score (nSPS) is 14.1. The van der Waals surface area contributed by atoms with Crippen LogP contribution in [0.3, 0.4) is 0 Å². The second kappa shape index (κ2) is 4.88. The number of aryl methyl sites for hydroxylation is 2. The van der Waals surface area contributed by atoms with Crippen LogP contribution in [-0.2, 0) is 12.8 Å². The van der Waals surface area contributed by atoms with Crippen molar-refractivity contribution in [3.8, 4) is 11.1 Å². The standard InChI is InChI=1S/C19H18N2/c20-19-17(12-16-7-3-4-8-18(16)21-19)15-10-9-13-5-1-2-6-14(13)11-15/h3-4,7-12H,1-2,5-6H2,(H2,20,21). The Morgan fingerprint density at radius 2 is 1.67 bits per heavy atom. The van der Waals surface area contributed by atoms with Crippen LogP contribution in [0.25, 0.3) is 22.0 Å². The molecule has 1 aromatic heterocycles. The summed E-state index contributed by atoms with van der Waals surface area (Å²) in [7, 11) is 0. The minimum absolute atomic E-state index is 0.615. The van der Waals surface area contributed by atoms with Crippen LogP contribution in [0, 0.1) is 0 Å². The minimum Gasteiger partial charge on any atom is -0.383 e. The maximum atomic E-state index is 6.18. The van der Waals surface area contributed by atoms with Gasteiger partial charge < -0.3 is 5.73 Å². The van der Waals surface area contributed by atoms with Gasteiger partial charge in [0.2, 0.25) is 0 Å². The Morgan fingerprint density at radius 3 is 2.57 bits per heavy atom. The van der Waals surface area contributed by atoms with Crippen molar-refractivity contribution in [3.05, 3.63) is 59.7 Å². The molecule has 0 amide bonds. The largest absolute Gasteiger partial charge is 0.383 e. The Balaban J connectivity index is 1.87. The van der Waals surface area contributed by atoms with Crippen molar-refractivity contribution < 1.29 is 0 Å². The zero-order valence-corrected chi connectivity index (χ0v) is 12.0. The Morgan fingerprint density at radius 1 is 0.857 bits per heavy atom. The van der Waals surface area contributed by atoms with Crippen molar-refractivity contribution in [2.75, 3.05) is 5.73 Å². The fourth-order valence-corrected chi connectivity index (χ4v) is 3.26. The molecule has 0 aliphatic heterocycles. The molecule has 3 aromatic rings. The first-order valence-electron chi connectivity index (χ1n) is 7.59. The molecule has 2 N–H and O–H groups in total. The highest BCUT2D eigenvalue weighted by Gasteiger charge is 2.12. The molecule has 0 atom stereocenters. The van der Waals surface area contributed by atoms with Gasteiger partial charge in [-0.1, -0.05) is 36.4 Å². The lowest BCUT2D eigenvalue weighted by Crippen LogP contribution is -2.03. The van der Waals surface area contributed by atoms with Crippen molar-refractivity contribution in [1.82, 2.24) is 4.98 Å². The molecule has 0 radical (unpaired) electrons. The van der Waals surface area contributed by atoms with Crippen molar-refractivity contribution in [3.63, 3.8) is 0 Å². The summed E-state index contributed by atoms with van der Waals surface area (Å²) in [5, 5.41) is 1.14. The smallest absolute Gasteiger partial charge is 0.131 e. The Bertz CT molecular complexity index is 821. The van der Waals surface area contributed by atoms with Crippen LogP contribution < -0.4 is 5.73 Å². The van der Waals surface area contributed by atoms with Crippen LogP contribution in [0.15, 0.2) is 48.5 Å². The number of fused-ring (bicyclic) bond motifs is 2. The molecule has 0 bridgehead atoms. The second-order valence-electron chi connectivity index (χ2n) is 5.80. The van der Waals surface area contributed by atoms with Crippen LogP contribution in [0.1, 0.15) is 24.0 Å². The first-order valence-corrected chi connectivity index (χ1v) is 7.59. The molecule has 4 rings (SSSR count). The summed E-state index contributed by atoms with van der Waals surface area (Å²) in [6.07, 6.45) is 5.00. The molecule has 2 nitrogen and oxygen atoms in total. The Kier molecular flexibility index (Phi) is 2.88. The molecule has 1 heterocycles. The first-order chi connectivity index (χ1) is 10.3. The zero-order chi connectivity index (χ0) is 14.2. The highest BCUT2D eigenvalue weighted by Crippen LogP contribution is 2.31. The topological polar surface area (TPSA) is 38.9 Å². The van der Waals surface area contributed by atoms with E-state index in [9.17, 15) is 0 Å². The van der Waals surface area contributed by atoms with Crippen molar-refractivity contribution in [2.45, 2.75) is 25.7 Å². The molecule has 2 heteroatoms. The van der Waals surface area contributed by atoms with Crippen LogP contribution in [-0.4, -0.2) is 4.98 Å². The first kappa shape index (κ1) is 12.4. The average Bonchev–Trinajstić information content (AvgIpc) is 2.54. The van der Waals surface area contributed by atoms with Gasteiger partial charge in [0.1, 0.15) is 5.82 Å². The summed E-state index contributed by atoms with van der Waals surface area (Å²) in [5.74, 6) is 0.615. The molecule has 21 heavy (non-hydrogen) atoms. The lowest BCUT2D eigenvalue weighted by atomic mass is 9.89. The van der Waals surface area contributed by atoms with Gasteiger partial charge in [-0.15, -0.1) is 0 Å². The predicted molar refractivity (Wildman–Crippen MR) is 88.2 cm³/mol. The van der Waals surface area contributed by atoms with Crippen molar-refractivity contribution >= 4 is 16.7 Å². The number of hydrogen-bond donors (Lipinski definition) is 1. The second-order valence-corrected chi connectivity index (χ2v) is 5.80. The number of para-hydroxylation sites is 1. The number of hydrogen-bond acceptors (Lipinski definition) is 2. The van der Waals surface area contributed by atoms with Crippen molar-refractivity contribution in [1.29, 1.82) is 0 Å². The molecule has 0 unspecified atom stereocenters. The summed E-state index contributed by atoms with van der Waals surface area (Å²) in [6, 6.07) is 17.0. The van der Waals surface area contributed by atoms with E-state index in [1.807, 2.05) is 18.2 Å². The number of aromatic nitrogens is 1. The number of pyridine rings is 1. The van der Waals surface area contributed by atoms with Gasteiger partial charge in [0, 0.05) is 10.9 Å². The van der Waals surface area contributed by atoms with E-state index in [0.717, 1.165) is 16.5 Å². The molecule has 1 aliphatic rings. The molecule has 2 aromatic carbocycles. The SMILES string of the molecule is Nc1nc2ccccc2cc1-c1ccc2c(c1)CCCC2. The van der Waals surface area contributed by atoms with Gasteiger partial charge in [-0.3, -0.25) is 0 Å². The molecule has 104 valence electrons. The molecule has 0 saturated heterocycles. The number of nitrogen functional groups attached to an aromatic ring is 1. The van der Waals surface area contributed by atoms with Crippen molar-refractivity contribution in [2.24, 2.45) is 0 Å². The van der Waals surface area contributed by atoms with Gasteiger partial charge in [0.05, 0.1) is 5.52 Å². The van der Waals surface area contributed by atoms with E-state index in [-0.39, 0.29) is 0 Å². The van der Waals surface area contributed by atoms with E-state index in [4.69, 9.17) is 5.73 Å². The Labute approximate surface area is 124 Å². The summed E-state index contributed by atoms with van der Waals surface area (Å²) < 4.78 is 0. The monoisotopic (exact) mass is 274 g/mol. The van der Waals surface area contributed by atoms with Gasteiger partial charge in [-0.25, -0.2) is 4.98 Å². The number of anilines is 1. The summed E-state index contributed by atoms with van der Waals surface area (Å²) in [5.41, 5.74) is 12.3. The van der Waals surface area contributed by atoms with Gasteiger partial charge in [-0.2, -0.15) is 0 Å². The molecular formula is C19H18N2. The van der Waals surface area contributed by atoms with E-state index in [1.54, 1.807) is 0 Å². The maximum absolute atomic E-state index is 6.18.